The molecule has 0 aliphatic rings. The Morgan fingerprint density at radius 2 is 2.25 bits per heavy atom. The second-order valence-corrected chi connectivity index (χ2v) is 4.93. The standard InChI is InChI=1S/C11H10ClIN2O/c1-2-7-10(15-16-11(7)14)6-3-4-9(13)8(12)5-6/h3-5H,2,14H2,1H3. The Morgan fingerprint density at radius 1 is 1.50 bits per heavy atom. The van der Waals surface area contributed by atoms with E-state index in [1.807, 2.05) is 25.1 Å². The first kappa shape index (κ1) is 11.7. The summed E-state index contributed by atoms with van der Waals surface area (Å²) in [6, 6.07) is 5.78. The highest BCUT2D eigenvalue weighted by Gasteiger charge is 2.14. The third-order valence-corrected chi connectivity index (χ3v) is 3.94. The number of hydrogen-bond donors (Lipinski definition) is 1. The van der Waals surface area contributed by atoms with Crippen molar-refractivity contribution < 1.29 is 4.52 Å². The van der Waals surface area contributed by atoms with Crippen molar-refractivity contribution in [3.8, 4) is 11.3 Å². The van der Waals surface area contributed by atoms with Crippen LogP contribution in [0, 0.1) is 3.57 Å². The Morgan fingerprint density at radius 3 is 2.88 bits per heavy atom. The van der Waals surface area contributed by atoms with E-state index in [0.29, 0.717) is 10.9 Å². The summed E-state index contributed by atoms with van der Waals surface area (Å²) >= 11 is 8.25. The number of anilines is 1. The van der Waals surface area contributed by atoms with E-state index in [0.717, 1.165) is 26.8 Å². The Kier molecular flexibility index (Phi) is 3.39. The highest BCUT2D eigenvalue weighted by molar-refractivity contribution is 14.1. The van der Waals surface area contributed by atoms with Crippen LogP contribution in [0.5, 0.6) is 0 Å². The van der Waals surface area contributed by atoms with Crippen LogP contribution >= 0.6 is 34.2 Å². The monoisotopic (exact) mass is 348 g/mol. The van der Waals surface area contributed by atoms with Gasteiger partial charge in [-0.25, -0.2) is 0 Å². The van der Waals surface area contributed by atoms with Crippen LogP contribution < -0.4 is 5.73 Å². The SMILES string of the molecule is CCc1c(-c2ccc(I)c(Cl)c2)noc1N. The Hall–Kier alpha value is -0.750. The molecule has 3 nitrogen and oxygen atoms in total. The van der Waals surface area contributed by atoms with Gasteiger partial charge in [-0.3, -0.25) is 0 Å². The van der Waals surface area contributed by atoms with Crippen molar-refractivity contribution in [2.75, 3.05) is 5.73 Å². The highest BCUT2D eigenvalue weighted by Crippen LogP contribution is 2.30. The maximum Gasteiger partial charge on any atom is 0.225 e. The number of hydrogen-bond acceptors (Lipinski definition) is 3. The molecule has 0 spiro atoms. The van der Waals surface area contributed by atoms with Crippen LogP contribution in [-0.4, -0.2) is 5.16 Å². The van der Waals surface area contributed by atoms with E-state index in [4.69, 9.17) is 21.9 Å². The van der Waals surface area contributed by atoms with Crippen molar-refractivity contribution >= 4 is 40.1 Å². The van der Waals surface area contributed by atoms with Crippen molar-refractivity contribution in [3.05, 3.63) is 32.4 Å². The second-order valence-electron chi connectivity index (χ2n) is 3.36. The molecule has 0 amide bonds. The quantitative estimate of drug-likeness (QED) is 0.841. The van der Waals surface area contributed by atoms with Gasteiger partial charge >= 0.3 is 0 Å². The number of nitrogens with two attached hydrogens (primary N) is 1. The maximum absolute atomic E-state index is 6.07. The lowest BCUT2D eigenvalue weighted by Crippen LogP contribution is -1.90. The molecule has 2 N–H and O–H groups in total. The van der Waals surface area contributed by atoms with Gasteiger partial charge in [0.1, 0.15) is 5.69 Å². The van der Waals surface area contributed by atoms with E-state index in [1.165, 1.54) is 0 Å². The predicted octanol–water partition coefficient (Wildman–Crippen LogP) is 3.74. The number of benzene rings is 1. The summed E-state index contributed by atoms with van der Waals surface area (Å²) in [6.07, 6.45) is 0.786. The minimum atomic E-state index is 0.382. The molecule has 0 saturated carbocycles. The molecule has 1 aromatic heterocycles. The molecule has 0 unspecified atom stereocenters. The van der Waals surface area contributed by atoms with Crippen molar-refractivity contribution in [1.29, 1.82) is 0 Å². The lowest BCUT2D eigenvalue weighted by atomic mass is 10.1. The third kappa shape index (κ3) is 2.04. The van der Waals surface area contributed by atoms with Gasteiger partial charge in [0.2, 0.25) is 5.88 Å². The van der Waals surface area contributed by atoms with Crippen molar-refractivity contribution in [2.24, 2.45) is 0 Å². The van der Waals surface area contributed by atoms with Crippen molar-refractivity contribution in [3.63, 3.8) is 0 Å². The van der Waals surface area contributed by atoms with Crippen LogP contribution in [0.3, 0.4) is 0 Å². The van der Waals surface area contributed by atoms with Crippen molar-refractivity contribution in [2.45, 2.75) is 13.3 Å². The number of nitrogen functional groups attached to an aromatic ring is 1. The summed E-state index contributed by atoms with van der Waals surface area (Å²) in [5.41, 5.74) is 8.33. The second kappa shape index (κ2) is 4.63. The maximum atomic E-state index is 6.07. The minimum Gasteiger partial charge on any atom is -0.367 e. The fourth-order valence-corrected chi connectivity index (χ4v) is 2.05. The highest BCUT2D eigenvalue weighted by atomic mass is 127. The molecule has 0 fully saturated rings. The van der Waals surface area contributed by atoms with E-state index in [1.54, 1.807) is 0 Å². The summed E-state index contributed by atoms with van der Waals surface area (Å²) in [7, 11) is 0. The molecule has 0 radical (unpaired) electrons. The predicted molar refractivity (Wildman–Crippen MR) is 73.5 cm³/mol. The lowest BCUT2D eigenvalue weighted by Gasteiger charge is -2.01. The normalized spacial score (nSPS) is 10.7. The van der Waals surface area contributed by atoms with E-state index in [-0.39, 0.29) is 0 Å². The topological polar surface area (TPSA) is 52.0 Å². The molecule has 1 aromatic carbocycles. The van der Waals surface area contributed by atoms with Gasteiger partial charge in [-0.2, -0.15) is 0 Å². The molecule has 0 atom stereocenters. The number of aromatic nitrogens is 1. The van der Waals surface area contributed by atoms with Crippen LogP contribution in [-0.2, 0) is 6.42 Å². The van der Waals surface area contributed by atoms with Gasteiger partial charge in [0, 0.05) is 14.7 Å². The van der Waals surface area contributed by atoms with Crippen LogP contribution in [0.4, 0.5) is 5.88 Å². The molecule has 5 heteroatoms. The molecule has 0 aliphatic carbocycles. The van der Waals surface area contributed by atoms with Gasteiger partial charge in [0.05, 0.1) is 5.02 Å². The summed E-state index contributed by atoms with van der Waals surface area (Å²) < 4.78 is 6.01. The molecule has 2 rings (SSSR count). The van der Waals surface area contributed by atoms with Gasteiger partial charge in [-0.15, -0.1) is 0 Å². The van der Waals surface area contributed by atoms with Gasteiger partial charge in [0.25, 0.3) is 0 Å². The smallest absolute Gasteiger partial charge is 0.225 e. The first-order valence-electron chi connectivity index (χ1n) is 4.83. The first-order chi connectivity index (χ1) is 7.63. The zero-order chi connectivity index (χ0) is 11.7. The summed E-state index contributed by atoms with van der Waals surface area (Å²) in [5, 5.41) is 4.68. The summed E-state index contributed by atoms with van der Waals surface area (Å²) in [6.45, 7) is 2.01. The molecule has 0 bridgehead atoms. The van der Waals surface area contributed by atoms with Gasteiger partial charge in [-0.1, -0.05) is 29.7 Å². The average Bonchev–Trinajstić information content (AvgIpc) is 2.63. The van der Waals surface area contributed by atoms with Gasteiger partial charge < -0.3 is 10.3 Å². The van der Waals surface area contributed by atoms with Crippen LogP contribution in [0.25, 0.3) is 11.3 Å². The molecular formula is C11H10ClIN2O. The largest absolute Gasteiger partial charge is 0.367 e. The summed E-state index contributed by atoms with van der Waals surface area (Å²) in [5.74, 6) is 0.382. The zero-order valence-corrected chi connectivity index (χ0v) is 11.5. The first-order valence-corrected chi connectivity index (χ1v) is 6.28. The fraction of sp³-hybridized carbons (Fsp3) is 0.182. The lowest BCUT2D eigenvalue weighted by molar-refractivity contribution is 0.438. The molecule has 2 aromatic rings. The molecule has 84 valence electrons. The average molecular weight is 349 g/mol. The molecule has 0 aliphatic heterocycles. The van der Waals surface area contributed by atoms with Crippen LogP contribution in [0.2, 0.25) is 5.02 Å². The number of rotatable bonds is 2. The van der Waals surface area contributed by atoms with E-state index in [2.05, 4.69) is 27.7 Å². The Labute approximate surface area is 112 Å². The van der Waals surface area contributed by atoms with Crippen molar-refractivity contribution in [1.82, 2.24) is 5.16 Å². The number of nitrogens with zero attached hydrogens (tertiary/aromatic N) is 1. The Bertz CT molecular complexity index is 525. The minimum absolute atomic E-state index is 0.382. The zero-order valence-electron chi connectivity index (χ0n) is 8.63. The van der Waals surface area contributed by atoms with E-state index in [9.17, 15) is 0 Å². The van der Waals surface area contributed by atoms with E-state index < -0.39 is 0 Å². The van der Waals surface area contributed by atoms with Crippen LogP contribution in [0.1, 0.15) is 12.5 Å². The van der Waals surface area contributed by atoms with E-state index >= 15 is 0 Å². The Balaban J connectivity index is 2.54. The fourth-order valence-electron chi connectivity index (χ4n) is 1.53. The summed E-state index contributed by atoms with van der Waals surface area (Å²) in [4.78, 5) is 0. The molecule has 1 heterocycles. The molecule has 0 saturated heterocycles. The molecule has 16 heavy (non-hydrogen) atoms. The molecular weight excluding hydrogens is 338 g/mol. The van der Waals surface area contributed by atoms with Gasteiger partial charge in [0.15, 0.2) is 0 Å². The third-order valence-electron chi connectivity index (χ3n) is 2.37. The van der Waals surface area contributed by atoms with Gasteiger partial charge in [-0.05, 0) is 41.1 Å². The van der Waals surface area contributed by atoms with Crippen LogP contribution in [0.15, 0.2) is 22.7 Å². The number of halogens is 2.